The van der Waals surface area contributed by atoms with Gasteiger partial charge in [-0.05, 0) is 68.5 Å². The Morgan fingerprint density at radius 2 is 1.60 bits per heavy atom. The Kier molecular flexibility index (Phi) is 7.32. The Morgan fingerprint density at radius 1 is 0.933 bits per heavy atom. The van der Waals surface area contributed by atoms with Gasteiger partial charge in [-0.1, -0.05) is 18.2 Å². The maximum atomic E-state index is 12.6. The topological polar surface area (TPSA) is 63.7 Å². The summed E-state index contributed by atoms with van der Waals surface area (Å²) in [7, 11) is 0. The number of ether oxygens (including phenoxy) is 1. The summed E-state index contributed by atoms with van der Waals surface area (Å²) in [5.41, 5.74) is 3.97. The minimum atomic E-state index is -0.554. The molecule has 158 valence electrons. The van der Waals surface area contributed by atoms with Crippen molar-refractivity contribution in [2.24, 2.45) is 0 Å². The van der Waals surface area contributed by atoms with Gasteiger partial charge in [-0.25, -0.2) is 4.79 Å². The summed E-state index contributed by atoms with van der Waals surface area (Å²) in [5.74, 6) is -0.411. The number of hydrogen-bond acceptors (Lipinski definition) is 5. The SMILES string of the molecule is Cc1cc(C)c(C(=O)COC(=O)c2ccccc2SCC(=O)N2CCCC2)cc1C. The third-order valence-electron chi connectivity index (χ3n) is 5.39. The fourth-order valence-corrected chi connectivity index (χ4v) is 4.45. The van der Waals surface area contributed by atoms with E-state index < -0.39 is 5.97 Å². The average Bonchev–Trinajstić information content (AvgIpc) is 3.28. The molecule has 3 rings (SSSR count). The van der Waals surface area contributed by atoms with Crippen molar-refractivity contribution in [2.75, 3.05) is 25.4 Å². The Balaban J connectivity index is 1.62. The zero-order valence-corrected chi connectivity index (χ0v) is 18.5. The van der Waals surface area contributed by atoms with Crippen molar-refractivity contribution in [3.8, 4) is 0 Å². The molecule has 1 aliphatic rings. The maximum absolute atomic E-state index is 12.6. The van der Waals surface area contributed by atoms with Crippen LogP contribution in [0.4, 0.5) is 0 Å². The first-order valence-corrected chi connectivity index (χ1v) is 11.1. The molecule has 0 saturated carbocycles. The number of esters is 1. The predicted octanol–water partition coefficient (Wildman–Crippen LogP) is 4.37. The van der Waals surface area contributed by atoms with E-state index in [2.05, 4.69) is 0 Å². The molecular weight excluding hydrogens is 398 g/mol. The number of thioether (sulfide) groups is 1. The molecule has 2 aromatic rings. The predicted molar refractivity (Wildman–Crippen MR) is 118 cm³/mol. The van der Waals surface area contributed by atoms with Crippen molar-refractivity contribution in [3.05, 3.63) is 64.2 Å². The molecule has 1 saturated heterocycles. The molecule has 6 heteroatoms. The third kappa shape index (κ3) is 5.30. The van der Waals surface area contributed by atoms with E-state index in [1.807, 2.05) is 43.9 Å². The van der Waals surface area contributed by atoms with Crippen LogP contribution in [-0.2, 0) is 9.53 Å². The van der Waals surface area contributed by atoms with E-state index in [1.165, 1.54) is 11.8 Å². The van der Waals surface area contributed by atoms with Gasteiger partial charge >= 0.3 is 5.97 Å². The Labute approximate surface area is 181 Å². The van der Waals surface area contributed by atoms with Crippen LogP contribution >= 0.6 is 11.8 Å². The van der Waals surface area contributed by atoms with Gasteiger partial charge in [0, 0.05) is 23.5 Å². The summed E-state index contributed by atoms with van der Waals surface area (Å²) in [6.07, 6.45) is 2.10. The highest BCUT2D eigenvalue weighted by molar-refractivity contribution is 8.00. The van der Waals surface area contributed by atoms with Crippen molar-refractivity contribution < 1.29 is 19.1 Å². The zero-order valence-electron chi connectivity index (χ0n) is 17.7. The first-order chi connectivity index (χ1) is 14.4. The number of nitrogens with zero attached hydrogens (tertiary/aromatic N) is 1. The molecule has 30 heavy (non-hydrogen) atoms. The summed E-state index contributed by atoms with van der Waals surface area (Å²) in [4.78, 5) is 40.0. The molecule has 1 heterocycles. The molecule has 1 fully saturated rings. The van der Waals surface area contributed by atoms with Crippen molar-refractivity contribution in [3.63, 3.8) is 0 Å². The molecule has 0 atom stereocenters. The van der Waals surface area contributed by atoms with Gasteiger partial charge in [0.15, 0.2) is 6.61 Å². The minimum absolute atomic E-state index is 0.0843. The van der Waals surface area contributed by atoms with Gasteiger partial charge in [0.05, 0.1) is 11.3 Å². The second kappa shape index (κ2) is 9.94. The van der Waals surface area contributed by atoms with Crippen LogP contribution in [0, 0.1) is 20.8 Å². The molecule has 0 unspecified atom stereocenters. The molecule has 0 bridgehead atoms. The summed E-state index contributed by atoms with van der Waals surface area (Å²) < 4.78 is 5.32. The average molecular weight is 426 g/mol. The van der Waals surface area contributed by atoms with Crippen molar-refractivity contribution in [2.45, 2.75) is 38.5 Å². The molecule has 1 aliphatic heterocycles. The molecule has 0 aromatic heterocycles. The molecule has 0 spiro atoms. The summed E-state index contributed by atoms with van der Waals surface area (Å²) in [5, 5.41) is 0. The number of aryl methyl sites for hydroxylation is 3. The van der Waals surface area contributed by atoms with Crippen LogP contribution in [0.2, 0.25) is 0 Å². The first-order valence-electron chi connectivity index (χ1n) is 10.1. The number of benzene rings is 2. The first kappa shape index (κ1) is 22.1. The van der Waals surface area contributed by atoms with Crippen LogP contribution in [0.5, 0.6) is 0 Å². The number of Topliss-reactive ketones (excluding diaryl/α,β-unsaturated/α-hetero) is 1. The number of hydrogen-bond donors (Lipinski definition) is 0. The second-order valence-corrected chi connectivity index (χ2v) is 8.64. The van der Waals surface area contributed by atoms with Crippen molar-refractivity contribution >= 4 is 29.4 Å². The lowest BCUT2D eigenvalue weighted by Gasteiger charge is -2.15. The van der Waals surface area contributed by atoms with Gasteiger partial charge in [0.1, 0.15) is 0 Å². The number of likely N-dealkylation sites (tertiary alicyclic amines) is 1. The minimum Gasteiger partial charge on any atom is -0.454 e. The van der Waals surface area contributed by atoms with Crippen LogP contribution in [0.25, 0.3) is 0 Å². The van der Waals surface area contributed by atoms with E-state index >= 15 is 0 Å². The van der Waals surface area contributed by atoms with Crippen LogP contribution in [0.1, 0.15) is 50.2 Å². The van der Waals surface area contributed by atoms with Gasteiger partial charge in [0.2, 0.25) is 11.7 Å². The lowest BCUT2D eigenvalue weighted by Crippen LogP contribution is -2.29. The van der Waals surface area contributed by atoms with E-state index in [0.29, 0.717) is 16.0 Å². The van der Waals surface area contributed by atoms with Crippen LogP contribution < -0.4 is 0 Å². The van der Waals surface area contributed by atoms with Gasteiger partial charge in [-0.2, -0.15) is 0 Å². The second-order valence-electron chi connectivity index (χ2n) is 7.62. The molecular formula is C24H27NO4S. The zero-order chi connectivity index (χ0) is 21.7. The number of carbonyl (C=O) groups excluding carboxylic acids is 3. The Morgan fingerprint density at radius 3 is 2.33 bits per heavy atom. The summed E-state index contributed by atoms with van der Waals surface area (Å²) in [6.45, 7) is 7.14. The number of amides is 1. The van der Waals surface area contributed by atoms with E-state index in [1.54, 1.807) is 18.2 Å². The fraction of sp³-hybridized carbons (Fsp3) is 0.375. The van der Waals surface area contributed by atoms with E-state index in [-0.39, 0.29) is 24.1 Å². The van der Waals surface area contributed by atoms with Crippen molar-refractivity contribution in [1.82, 2.24) is 4.90 Å². The van der Waals surface area contributed by atoms with Crippen LogP contribution in [-0.4, -0.2) is 48.0 Å². The molecule has 5 nitrogen and oxygen atoms in total. The standard InChI is InChI=1S/C24H27NO4S/c1-16-12-18(3)20(13-17(16)2)21(26)14-29-24(28)19-8-4-5-9-22(19)30-15-23(27)25-10-6-7-11-25/h4-5,8-9,12-13H,6-7,10-11,14-15H2,1-3H3. The quantitative estimate of drug-likeness (QED) is 0.375. The molecule has 1 amide bonds. The van der Waals surface area contributed by atoms with E-state index in [0.717, 1.165) is 42.6 Å². The highest BCUT2D eigenvalue weighted by Gasteiger charge is 2.20. The molecule has 0 aliphatic carbocycles. The van der Waals surface area contributed by atoms with E-state index in [4.69, 9.17) is 4.74 Å². The van der Waals surface area contributed by atoms with Gasteiger partial charge in [0.25, 0.3) is 0 Å². The monoisotopic (exact) mass is 425 g/mol. The summed E-state index contributed by atoms with van der Waals surface area (Å²) >= 11 is 1.33. The molecule has 2 aromatic carbocycles. The number of ketones is 1. The summed E-state index contributed by atoms with van der Waals surface area (Å²) in [6, 6.07) is 10.8. The fourth-order valence-electron chi connectivity index (χ4n) is 3.51. The third-order valence-corrected chi connectivity index (χ3v) is 6.45. The highest BCUT2D eigenvalue weighted by atomic mass is 32.2. The van der Waals surface area contributed by atoms with Crippen LogP contribution in [0.3, 0.4) is 0 Å². The van der Waals surface area contributed by atoms with Crippen LogP contribution in [0.15, 0.2) is 41.3 Å². The Hall–Kier alpha value is -2.60. The normalized spacial score (nSPS) is 13.4. The Bertz CT molecular complexity index is 964. The largest absolute Gasteiger partial charge is 0.454 e. The van der Waals surface area contributed by atoms with Gasteiger partial charge in [-0.15, -0.1) is 11.8 Å². The maximum Gasteiger partial charge on any atom is 0.339 e. The lowest BCUT2D eigenvalue weighted by atomic mass is 9.98. The van der Waals surface area contributed by atoms with Gasteiger partial charge in [-0.3, -0.25) is 9.59 Å². The molecule has 0 N–H and O–H groups in total. The number of carbonyl (C=O) groups is 3. The lowest BCUT2D eigenvalue weighted by molar-refractivity contribution is -0.127. The highest BCUT2D eigenvalue weighted by Crippen LogP contribution is 2.25. The molecule has 0 radical (unpaired) electrons. The smallest absolute Gasteiger partial charge is 0.339 e. The van der Waals surface area contributed by atoms with E-state index in [9.17, 15) is 14.4 Å². The number of rotatable bonds is 7. The van der Waals surface area contributed by atoms with Gasteiger partial charge < -0.3 is 9.64 Å². The van der Waals surface area contributed by atoms with Crippen molar-refractivity contribution in [1.29, 1.82) is 0 Å².